The number of hydrogen-bond donors (Lipinski definition) is 0. The second kappa shape index (κ2) is 3.85. The molecule has 0 nitrogen and oxygen atoms in total. The third-order valence-electron chi connectivity index (χ3n) is 0.638. The predicted octanol–water partition coefficient (Wildman–Crippen LogP) is 1.44. The van der Waals surface area contributed by atoms with Crippen molar-refractivity contribution in [1.82, 2.24) is 0 Å². The molecule has 38 valence electrons. The van der Waals surface area contributed by atoms with Gasteiger partial charge in [0.25, 0.3) is 0 Å². The van der Waals surface area contributed by atoms with E-state index in [4.69, 9.17) is 0 Å². The topological polar surface area (TPSA) is 0 Å². The molecule has 0 aliphatic heterocycles. The normalized spacial score (nSPS) is 8.86. The summed E-state index contributed by atoms with van der Waals surface area (Å²) in [7, 11) is 0. The van der Waals surface area contributed by atoms with Gasteiger partial charge in [-0.1, -0.05) is 0 Å². The molecule has 0 spiro atoms. The van der Waals surface area contributed by atoms with Crippen molar-refractivity contribution in [2.24, 2.45) is 0 Å². The molecular weight excluding hydrogens is 82.9 g/mol. The maximum atomic E-state index is 3.71. The maximum absolute atomic E-state index is 3.71. The second-order valence-corrected chi connectivity index (χ2v) is 1.66. The summed E-state index contributed by atoms with van der Waals surface area (Å²) in [6.45, 7) is 9.84. The molecule has 0 rings (SSSR count). The van der Waals surface area contributed by atoms with Crippen LogP contribution in [0, 0.1) is 0 Å². The van der Waals surface area contributed by atoms with Gasteiger partial charge < -0.3 is 0 Å². The zero-order chi connectivity index (χ0) is 5.70. The van der Waals surface area contributed by atoms with E-state index >= 15 is 0 Å². The summed E-state index contributed by atoms with van der Waals surface area (Å²) in [6, 6.07) is 0. The van der Waals surface area contributed by atoms with Crippen molar-refractivity contribution in [3.63, 3.8) is 0 Å². The first-order valence-electron chi connectivity index (χ1n) is 2.59. The summed E-state index contributed by atoms with van der Waals surface area (Å²) >= 11 is 0. The van der Waals surface area contributed by atoms with E-state index in [1.54, 1.807) is 0 Å². The molecule has 0 aromatic heterocycles. The molecule has 1 heteroatoms. The van der Waals surface area contributed by atoms with Crippen molar-refractivity contribution in [2.45, 2.75) is 20.3 Å². The molecule has 0 saturated heterocycles. The Morgan fingerprint density at radius 3 is 2.57 bits per heavy atom. The van der Waals surface area contributed by atoms with Crippen molar-refractivity contribution in [1.29, 1.82) is 0 Å². The van der Waals surface area contributed by atoms with Crippen LogP contribution in [0.3, 0.4) is 0 Å². The molecule has 0 atom stereocenters. The fraction of sp³-hybridized carbons (Fsp3) is 0.500. The number of allylic oxidation sites excluding steroid dienone is 1. The molecule has 0 aromatic carbocycles. The van der Waals surface area contributed by atoms with Gasteiger partial charge in [0.15, 0.2) is 0 Å². The molecule has 7 heavy (non-hydrogen) atoms. The van der Waals surface area contributed by atoms with Crippen LogP contribution < -0.4 is 0 Å². The van der Waals surface area contributed by atoms with E-state index in [-0.39, 0.29) is 0 Å². The van der Waals surface area contributed by atoms with E-state index in [0.717, 1.165) is 11.9 Å². The van der Waals surface area contributed by atoms with Crippen LogP contribution in [0.2, 0.25) is 0 Å². The molecule has 0 radical (unpaired) electrons. The van der Waals surface area contributed by atoms with Gasteiger partial charge >= 0.3 is 45.2 Å². The van der Waals surface area contributed by atoms with Crippen molar-refractivity contribution in [2.75, 3.05) is 0 Å². The van der Waals surface area contributed by atoms with Crippen molar-refractivity contribution in [3.05, 3.63) is 12.1 Å². The summed E-state index contributed by atoms with van der Waals surface area (Å²) in [5.74, 6) is 2.10. The minimum absolute atomic E-state index is 1.10. The first kappa shape index (κ1) is 6.67. The van der Waals surface area contributed by atoms with E-state index in [1.165, 1.54) is 0 Å². The van der Waals surface area contributed by atoms with Gasteiger partial charge in [0.05, 0.1) is 0 Å². The third kappa shape index (κ3) is 5.67. The standard InChI is InChI=1S/C6H11B/c1-4-5-7-6(2)3/h5H,2,4H2,1,3H3. The van der Waals surface area contributed by atoms with Gasteiger partial charge in [-0.3, -0.25) is 0 Å². The summed E-state index contributed by atoms with van der Waals surface area (Å²) in [6.07, 6.45) is 1.10. The fourth-order valence-corrected chi connectivity index (χ4v) is 0.319. The summed E-state index contributed by atoms with van der Waals surface area (Å²) < 4.78 is 0. The van der Waals surface area contributed by atoms with Gasteiger partial charge in [0, 0.05) is 0 Å². The van der Waals surface area contributed by atoms with E-state index in [0.29, 0.717) is 0 Å². The van der Waals surface area contributed by atoms with E-state index in [1.807, 2.05) is 13.8 Å². The molecular formula is C6H11B. The van der Waals surface area contributed by atoms with Crippen LogP contribution in [0.1, 0.15) is 20.3 Å². The van der Waals surface area contributed by atoms with Crippen molar-refractivity contribution in [3.8, 4) is 0 Å². The molecule has 0 aromatic rings. The van der Waals surface area contributed by atoms with Crippen LogP contribution in [-0.4, -0.2) is 12.9 Å². The Hall–Kier alpha value is -0.325. The first-order valence-corrected chi connectivity index (χ1v) is 2.59. The molecule has 0 unspecified atom stereocenters. The van der Waals surface area contributed by atoms with Crippen LogP contribution >= 0.6 is 0 Å². The molecule has 0 saturated carbocycles. The fourth-order valence-electron chi connectivity index (χ4n) is 0.319. The Morgan fingerprint density at radius 2 is 2.43 bits per heavy atom. The predicted molar refractivity (Wildman–Crippen MR) is 36.9 cm³/mol. The van der Waals surface area contributed by atoms with Gasteiger partial charge in [0.1, 0.15) is 0 Å². The second-order valence-electron chi connectivity index (χ2n) is 1.66. The van der Waals surface area contributed by atoms with Gasteiger partial charge in [0.2, 0.25) is 0 Å². The van der Waals surface area contributed by atoms with Crippen molar-refractivity contribution >= 4 is 12.9 Å². The Kier molecular flexibility index (Phi) is 3.67. The quantitative estimate of drug-likeness (QED) is 0.454. The van der Waals surface area contributed by atoms with Crippen LogP contribution in [0.4, 0.5) is 0 Å². The van der Waals surface area contributed by atoms with Gasteiger partial charge in [-0.25, -0.2) is 0 Å². The molecule has 0 N–H and O–H groups in total. The third-order valence-corrected chi connectivity index (χ3v) is 0.638. The molecule has 0 bridgehead atoms. The average molecular weight is 94.0 g/mol. The Bertz CT molecular complexity index is 82.2. The average Bonchev–Trinajstić information content (AvgIpc) is 1.61. The zero-order valence-electron chi connectivity index (χ0n) is 5.07. The van der Waals surface area contributed by atoms with Crippen LogP contribution in [0.15, 0.2) is 12.1 Å². The van der Waals surface area contributed by atoms with Gasteiger partial charge in [-0.2, -0.15) is 0 Å². The first-order chi connectivity index (χ1) is 3.27. The molecule has 0 aliphatic rings. The summed E-state index contributed by atoms with van der Waals surface area (Å²) in [5.41, 5.74) is 1.13. The van der Waals surface area contributed by atoms with Crippen molar-refractivity contribution < 1.29 is 0 Å². The van der Waals surface area contributed by atoms with Gasteiger partial charge in [-0.05, 0) is 0 Å². The molecule has 0 heterocycles. The molecule has 0 aliphatic carbocycles. The summed E-state index contributed by atoms with van der Waals surface area (Å²) in [5, 5.41) is 0. The molecule has 0 amide bonds. The zero-order valence-corrected chi connectivity index (χ0v) is 5.07. The monoisotopic (exact) mass is 94.1 g/mol. The Labute approximate surface area is 46.1 Å². The number of rotatable bonds is 2. The van der Waals surface area contributed by atoms with E-state index in [2.05, 4.69) is 19.5 Å². The van der Waals surface area contributed by atoms with E-state index in [9.17, 15) is 0 Å². The summed E-state index contributed by atoms with van der Waals surface area (Å²) in [4.78, 5) is 0. The Morgan fingerprint density at radius 1 is 1.86 bits per heavy atom. The van der Waals surface area contributed by atoms with Gasteiger partial charge in [-0.15, -0.1) is 0 Å². The SMILES string of the molecule is C=C(C)B=CCC. The van der Waals surface area contributed by atoms with E-state index < -0.39 is 0 Å². The molecule has 0 fully saturated rings. The Balaban J connectivity index is 3.26. The number of hydrogen-bond acceptors (Lipinski definition) is 0. The van der Waals surface area contributed by atoms with Crippen LogP contribution in [-0.2, 0) is 0 Å². The van der Waals surface area contributed by atoms with Crippen LogP contribution in [0.5, 0.6) is 0 Å². The minimum atomic E-state index is 1.10. The van der Waals surface area contributed by atoms with Crippen LogP contribution in [0.25, 0.3) is 0 Å².